The smallest absolute Gasteiger partial charge is 0.0720 e. The van der Waals surface area contributed by atoms with Gasteiger partial charge in [0.1, 0.15) is 0 Å². The van der Waals surface area contributed by atoms with Crippen LogP contribution in [0.25, 0.3) is 0 Å². The molecule has 1 aliphatic carbocycles. The molecule has 1 aliphatic rings. The van der Waals surface area contributed by atoms with Crippen molar-refractivity contribution < 1.29 is 4.74 Å². The summed E-state index contributed by atoms with van der Waals surface area (Å²) in [7, 11) is 0. The molecular weight excluding hydrogens is 172 g/mol. The second-order valence-corrected chi connectivity index (χ2v) is 4.08. The molecule has 2 rings (SSSR count). The van der Waals surface area contributed by atoms with E-state index in [2.05, 4.69) is 31.2 Å². The standard InChI is InChI=1S/C13H18O/c1-2-13(12-8-9-12)14-10-11-6-4-3-5-7-11/h3-7,12-13H,2,8-10H2,1H3. The van der Waals surface area contributed by atoms with Crippen LogP contribution in [0.3, 0.4) is 0 Å². The predicted octanol–water partition coefficient (Wildman–Crippen LogP) is 3.39. The molecule has 0 heterocycles. The Bertz CT molecular complexity index is 264. The number of benzene rings is 1. The molecule has 0 N–H and O–H groups in total. The van der Waals surface area contributed by atoms with E-state index in [4.69, 9.17) is 4.74 Å². The summed E-state index contributed by atoms with van der Waals surface area (Å²) in [6.45, 7) is 2.99. The molecule has 1 saturated carbocycles. The number of hydrogen-bond acceptors (Lipinski definition) is 1. The predicted molar refractivity (Wildman–Crippen MR) is 58.0 cm³/mol. The van der Waals surface area contributed by atoms with Crippen molar-refractivity contribution in [1.82, 2.24) is 0 Å². The zero-order valence-electron chi connectivity index (χ0n) is 8.78. The van der Waals surface area contributed by atoms with Crippen molar-refractivity contribution in [3.8, 4) is 0 Å². The van der Waals surface area contributed by atoms with Crippen LogP contribution in [0.15, 0.2) is 30.3 Å². The SMILES string of the molecule is CCC(OCc1ccccc1)C1CC1. The summed E-state index contributed by atoms with van der Waals surface area (Å²) in [5.74, 6) is 0.851. The highest BCUT2D eigenvalue weighted by Gasteiger charge is 2.30. The maximum Gasteiger partial charge on any atom is 0.0720 e. The molecule has 1 fully saturated rings. The Balaban J connectivity index is 1.81. The van der Waals surface area contributed by atoms with Gasteiger partial charge in [0.05, 0.1) is 12.7 Å². The maximum atomic E-state index is 5.90. The lowest BCUT2D eigenvalue weighted by molar-refractivity contribution is 0.0236. The summed E-state index contributed by atoms with van der Waals surface area (Å²) in [4.78, 5) is 0. The normalized spacial score (nSPS) is 18.1. The van der Waals surface area contributed by atoms with Gasteiger partial charge < -0.3 is 4.74 Å². The highest BCUT2D eigenvalue weighted by atomic mass is 16.5. The van der Waals surface area contributed by atoms with Crippen LogP contribution in [0.4, 0.5) is 0 Å². The van der Waals surface area contributed by atoms with E-state index in [9.17, 15) is 0 Å². The molecular formula is C13H18O. The molecule has 0 saturated heterocycles. The van der Waals surface area contributed by atoms with Crippen LogP contribution < -0.4 is 0 Å². The number of rotatable bonds is 5. The molecule has 1 nitrogen and oxygen atoms in total. The fraction of sp³-hybridized carbons (Fsp3) is 0.538. The van der Waals surface area contributed by atoms with Crippen LogP contribution in [0.2, 0.25) is 0 Å². The topological polar surface area (TPSA) is 9.23 Å². The molecule has 1 aromatic carbocycles. The Labute approximate surface area is 86.1 Å². The third-order valence-corrected chi connectivity index (χ3v) is 2.86. The molecule has 0 bridgehead atoms. The van der Waals surface area contributed by atoms with Gasteiger partial charge in [0, 0.05) is 0 Å². The lowest BCUT2D eigenvalue weighted by Crippen LogP contribution is -2.13. The average molecular weight is 190 g/mol. The molecule has 0 spiro atoms. The van der Waals surface area contributed by atoms with Crippen LogP contribution in [0.1, 0.15) is 31.7 Å². The third kappa shape index (κ3) is 2.58. The van der Waals surface area contributed by atoms with Crippen LogP contribution in [0.5, 0.6) is 0 Å². The van der Waals surface area contributed by atoms with Gasteiger partial charge in [-0.1, -0.05) is 37.3 Å². The first-order valence-electron chi connectivity index (χ1n) is 5.55. The second kappa shape index (κ2) is 4.61. The highest BCUT2D eigenvalue weighted by Crippen LogP contribution is 2.36. The van der Waals surface area contributed by atoms with Crippen LogP contribution in [-0.4, -0.2) is 6.10 Å². The molecule has 1 heteroatoms. The number of ether oxygens (including phenoxy) is 1. The Hall–Kier alpha value is -0.820. The summed E-state index contributed by atoms with van der Waals surface area (Å²) in [6.07, 6.45) is 4.38. The minimum absolute atomic E-state index is 0.496. The van der Waals surface area contributed by atoms with Gasteiger partial charge in [0.25, 0.3) is 0 Å². The molecule has 0 amide bonds. The third-order valence-electron chi connectivity index (χ3n) is 2.86. The quantitative estimate of drug-likeness (QED) is 0.691. The van der Waals surface area contributed by atoms with Gasteiger partial charge in [0.2, 0.25) is 0 Å². The lowest BCUT2D eigenvalue weighted by atomic mass is 10.2. The summed E-state index contributed by atoms with van der Waals surface area (Å²) in [6, 6.07) is 10.4. The van der Waals surface area contributed by atoms with Gasteiger partial charge in [-0.05, 0) is 30.7 Å². The van der Waals surface area contributed by atoms with E-state index in [1.165, 1.54) is 18.4 Å². The van der Waals surface area contributed by atoms with Gasteiger partial charge in [-0.3, -0.25) is 0 Å². The molecule has 1 atom stereocenters. The van der Waals surface area contributed by atoms with Crippen LogP contribution in [0, 0.1) is 5.92 Å². The average Bonchev–Trinajstić information content (AvgIpc) is 3.05. The van der Waals surface area contributed by atoms with E-state index in [-0.39, 0.29) is 0 Å². The largest absolute Gasteiger partial charge is 0.373 e. The van der Waals surface area contributed by atoms with Gasteiger partial charge in [-0.2, -0.15) is 0 Å². The van der Waals surface area contributed by atoms with E-state index in [0.717, 1.165) is 18.9 Å². The first-order valence-corrected chi connectivity index (χ1v) is 5.55. The zero-order chi connectivity index (χ0) is 9.80. The monoisotopic (exact) mass is 190 g/mol. The van der Waals surface area contributed by atoms with E-state index in [0.29, 0.717) is 6.10 Å². The lowest BCUT2D eigenvalue weighted by Gasteiger charge is -2.15. The molecule has 14 heavy (non-hydrogen) atoms. The first-order chi connectivity index (χ1) is 6.90. The van der Waals surface area contributed by atoms with Crippen molar-refractivity contribution in [1.29, 1.82) is 0 Å². The van der Waals surface area contributed by atoms with Gasteiger partial charge >= 0.3 is 0 Å². The van der Waals surface area contributed by atoms with Crippen molar-refractivity contribution in [3.05, 3.63) is 35.9 Å². The second-order valence-electron chi connectivity index (χ2n) is 4.08. The summed E-state index contributed by atoms with van der Waals surface area (Å²) >= 11 is 0. The van der Waals surface area contributed by atoms with Gasteiger partial charge in [0.15, 0.2) is 0 Å². The minimum Gasteiger partial charge on any atom is -0.373 e. The van der Waals surface area contributed by atoms with Gasteiger partial charge in [-0.15, -0.1) is 0 Å². The maximum absolute atomic E-state index is 5.90. The summed E-state index contributed by atoms with van der Waals surface area (Å²) in [5, 5.41) is 0. The van der Waals surface area contributed by atoms with E-state index in [1.807, 2.05) is 6.07 Å². The van der Waals surface area contributed by atoms with E-state index >= 15 is 0 Å². The first kappa shape index (κ1) is 9.72. The van der Waals surface area contributed by atoms with Gasteiger partial charge in [-0.25, -0.2) is 0 Å². The van der Waals surface area contributed by atoms with Crippen molar-refractivity contribution in [2.24, 2.45) is 5.92 Å². The Morgan fingerprint density at radius 2 is 2.00 bits per heavy atom. The summed E-state index contributed by atoms with van der Waals surface area (Å²) in [5.41, 5.74) is 1.28. The molecule has 76 valence electrons. The fourth-order valence-corrected chi connectivity index (χ4v) is 1.83. The van der Waals surface area contributed by atoms with E-state index < -0.39 is 0 Å². The fourth-order valence-electron chi connectivity index (χ4n) is 1.83. The highest BCUT2D eigenvalue weighted by molar-refractivity contribution is 5.13. The molecule has 1 unspecified atom stereocenters. The molecule has 0 aliphatic heterocycles. The van der Waals surface area contributed by atoms with Crippen molar-refractivity contribution in [3.63, 3.8) is 0 Å². The Kier molecular flexibility index (Phi) is 3.20. The molecule has 0 aromatic heterocycles. The number of hydrogen-bond donors (Lipinski definition) is 0. The van der Waals surface area contributed by atoms with Crippen molar-refractivity contribution in [2.75, 3.05) is 0 Å². The van der Waals surface area contributed by atoms with E-state index in [1.54, 1.807) is 0 Å². The van der Waals surface area contributed by atoms with Crippen molar-refractivity contribution >= 4 is 0 Å². The molecule has 1 aromatic rings. The van der Waals surface area contributed by atoms with Crippen molar-refractivity contribution in [2.45, 2.75) is 38.9 Å². The summed E-state index contributed by atoms with van der Waals surface area (Å²) < 4.78 is 5.90. The minimum atomic E-state index is 0.496. The Morgan fingerprint density at radius 3 is 2.57 bits per heavy atom. The van der Waals surface area contributed by atoms with Crippen LogP contribution in [-0.2, 0) is 11.3 Å². The van der Waals surface area contributed by atoms with Crippen LogP contribution >= 0.6 is 0 Å². The zero-order valence-corrected chi connectivity index (χ0v) is 8.78. The Morgan fingerprint density at radius 1 is 1.29 bits per heavy atom. The molecule has 0 radical (unpaired) electrons.